The monoisotopic (exact) mass is 188 g/mol. The summed E-state index contributed by atoms with van der Waals surface area (Å²) in [6, 6.07) is -0.822. The molecule has 0 aromatic heterocycles. The van der Waals surface area contributed by atoms with E-state index in [1.54, 1.807) is 6.92 Å². The van der Waals surface area contributed by atoms with Gasteiger partial charge in [0.1, 0.15) is 0 Å². The van der Waals surface area contributed by atoms with E-state index in [0.717, 1.165) is 0 Å². The number of nitrogens with zero attached hydrogens (tertiary/aromatic N) is 1. The fourth-order valence-electron chi connectivity index (χ4n) is 0.866. The van der Waals surface area contributed by atoms with Crippen LogP contribution in [0.1, 0.15) is 20.3 Å². The van der Waals surface area contributed by atoms with Crippen LogP contribution >= 0.6 is 0 Å². The molecule has 1 amide bonds. The van der Waals surface area contributed by atoms with E-state index in [9.17, 15) is 4.79 Å². The largest absolute Gasteiger partial charge is 0.409 e. The molecule has 6 heteroatoms. The van der Waals surface area contributed by atoms with Crippen LogP contribution in [-0.2, 0) is 4.79 Å². The minimum Gasteiger partial charge on any atom is -0.409 e. The number of amidine groups is 1. The zero-order valence-electron chi connectivity index (χ0n) is 7.82. The Labute approximate surface area is 77.0 Å². The predicted molar refractivity (Wildman–Crippen MR) is 49.3 cm³/mol. The van der Waals surface area contributed by atoms with E-state index in [1.807, 2.05) is 6.92 Å². The number of hydrogen-bond acceptors (Lipinski definition) is 4. The summed E-state index contributed by atoms with van der Waals surface area (Å²) in [6.45, 7) is 3.47. The average Bonchev–Trinajstić information content (AvgIpc) is 2.12. The molecule has 13 heavy (non-hydrogen) atoms. The standard InChI is InChI=1S/C7H16N4O2/c1-3-5(6(8)11-13)10-4(2)7(9)12/h4-5,10,13H,3H2,1-2H3,(H2,8,11)(H2,9,12). The second-order valence-corrected chi connectivity index (χ2v) is 2.78. The molecule has 76 valence electrons. The van der Waals surface area contributed by atoms with Gasteiger partial charge < -0.3 is 16.7 Å². The Morgan fingerprint density at radius 3 is 2.46 bits per heavy atom. The number of nitrogens with two attached hydrogens (primary N) is 2. The van der Waals surface area contributed by atoms with Gasteiger partial charge >= 0.3 is 0 Å². The van der Waals surface area contributed by atoms with Crippen LogP contribution in [0.15, 0.2) is 5.16 Å². The Morgan fingerprint density at radius 1 is 1.62 bits per heavy atom. The highest BCUT2D eigenvalue weighted by atomic mass is 16.4. The number of oxime groups is 1. The number of hydrogen-bond donors (Lipinski definition) is 4. The molecule has 0 bridgehead atoms. The summed E-state index contributed by atoms with van der Waals surface area (Å²) in [7, 11) is 0. The Morgan fingerprint density at radius 2 is 2.15 bits per heavy atom. The topological polar surface area (TPSA) is 114 Å². The van der Waals surface area contributed by atoms with Crippen molar-refractivity contribution >= 4 is 11.7 Å². The van der Waals surface area contributed by atoms with E-state index in [4.69, 9.17) is 16.7 Å². The molecule has 2 unspecified atom stereocenters. The lowest BCUT2D eigenvalue weighted by Crippen LogP contribution is -2.49. The first-order valence-electron chi connectivity index (χ1n) is 4.05. The maximum Gasteiger partial charge on any atom is 0.234 e. The Balaban J connectivity index is 4.21. The van der Waals surface area contributed by atoms with Crippen molar-refractivity contribution in [2.75, 3.05) is 0 Å². The normalized spacial score (nSPS) is 16.6. The molecule has 0 aliphatic heterocycles. The highest BCUT2D eigenvalue weighted by molar-refractivity contribution is 5.86. The number of rotatable bonds is 5. The minimum absolute atomic E-state index is 0.0515. The minimum atomic E-state index is -0.495. The van der Waals surface area contributed by atoms with Crippen molar-refractivity contribution in [3.05, 3.63) is 0 Å². The Hall–Kier alpha value is -1.30. The molecule has 6 nitrogen and oxygen atoms in total. The van der Waals surface area contributed by atoms with E-state index in [2.05, 4.69) is 10.5 Å². The van der Waals surface area contributed by atoms with E-state index in [1.165, 1.54) is 0 Å². The van der Waals surface area contributed by atoms with Crippen molar-refractivity contribution in [2.45, 2.75) is 32.4 Å². The van der Waals surface area contributed by atoms with Crippen LogP contribution in [0.2, 0.25) is 0 Å². The zero-order valence-corrected chi connectivity index (χ0v) is 7.82. The fraction of sp³-hybridized carbons (Fsp3) is 0.714. The molecule has 0 aliphatic rings. The van der Waals surface area contributed by atoms with Crippen LogP contribution in [0.4, 0.5) is 0 Å². The quantitative estimate of drug-likeness (QED) is 0.191. The lowest BCUT2D eigenvalue weighted by Gasteiger charge is -2.18. The van der Waals surface area contributed by atoms with Gasteiger partial charge in [-0.15, -0.1) is 0 Å². The van der Waals surface area contributed by atoms with E-state index < -0.39 is 11.9 Å². The number of nitrogens with one attached hydrogen (secondary N) is 1. The Bertz CT molecular complexity index is 205. The van der Waals surface area contributed by atoms with Crippen molar-refractivity contribution in [1.29, 1.82) is 0 Å². The highest BCUT2D eigenvalue weighted by Gasteiger charge is 2.17. The third-order valence-corrected chi connectivity index (χ3v) is 1.76. The number of amides is 1. The van der Waals surface area contributed by atoms with Gasteiger partial charge in [-0.2, -0.15) is 0 Å². The number of carbonyl (C=O) groups is 1. The van der Waals surface area contributed by atoms with Gasteiger partial charge in [0, 0.05) is 0 Å². The molecule has 0 heterocycles. The van der Waals surface area contributed by atoms with Crippen LogP contribution in [0.3, 0.4) is 0 Å². The summed E-state index contributed by atoms with van der Waals surface area (Å²) in [5, 5.41) is 14.1. The lowest BCUT2D eigenvalue weighted by molar-refractivity contribution is -0.119. The zero-order chi connectivity index (χ0) is 10.4. The first kappa shape index (κ1) is 11.7. The number of carbonyl (C=O) groups excluding carboxylic acids is 1. The molecule has 0 radical (unpaired) electrons. The summed E-state index contributed by atoms with van der Waals surface area (Å²) in [4.78, 5) is 10.7. The predicted octanol–water partition coefficient (Wildman–Crippen LogP) is -1.03. The molecule has 2 atom stereocenters. The van der Waals surface area contributed by atoms with Gasteiger partial charge in [-0.25, -0.2) is 0 Å². The first-order valence-corrected chi connectivity index (χ1v) is 4.05. The van der Waals surface area contributed by atoms with E-state index in [-0.39, 0.29) is 11.9 Å². The second-order valence-electron chi connectivity index (χ2n) is 2.78. The third kappa shape index (κ3) is 3.75. The molecular formula is C7H16N4O2. The summed E-state index contributed by atoms with van der Waals surface area (Å²) >= 11 is 0. The van der Waals surface area contributed by atoms with E-state index >= 15 is 0 Å². The van der Waals surface area contributed by atoms with Gasteiger partial charge in [0.05, 0.1) is 12.1 Å². The van der Waals surface area contributed by atoms with Crippen molar-refractivity contribution in [3.8, 4) is 0 Å². The third-order valence-electron chi connectivity index (χ3n) is 1.76. The fourth-order valence-corrected chi connectivity index (χ4v) is 0.866. The molecule has 0 fully saturated rings. The van der Waals surface area contributed by atoms with E-state index in [0.29, 0.717) is 6.42 Å². The lowest BCUT2D eigenvalue weighted by atomic mass is 10.2. The highest BCUT2D eigenvalue weighted by Crippen LogP contribution is 1.93. The molecule has 0 aromatic rings. The summed E-state index contributed by atoms with van der Waals surface area (Å²) in [5.74, 6) is -0.417. The molecule has 0 aromatic carbocycles. The van der Waals surface area contributed by atoms with Gasteiger partial charge in [0.25, 0.3) is 0 Å². The van der Waals surface area contributed by atoms with Gasteiger partial charge in [0.2, 0.25) is 5.91 Å². The van der Waals surface area contributed by atoms with Crippen molar-refractivity contribution in [3.63, 3.8) is 0 Å². The van der Waals surface area contributed by atoms with Crippen LogP contribution in [0.5, 0.6) is 0 Å². The smallest absolute Gasteiger partial charge is 0.234 e. The van der Waals surface area contributed by atoms with Crippen LogP contribution in [-0.4, -0.2) is 29.0 Å². The van der Waals surface area contributed by atoms with Crippen LogP contribution < -0.4 is 16.8 Å². The molecule has 0 spiro atoms. The second kappa shape index (κ2) is 5.36. The molecule has 6 N–H and O–H groups in total. The maximum absolute atomic E-state index is 10.7. The molecular weight excluding hydrogens is 172 g/mol. The van der Waals surface area contributed by atoms with Crippen molar-refractivity contribution < 1.29 is 10.0 Å². The Kier molecular flexibility index (Phi) is 4.83. The van der Waals surface area contributed by atoms with Gasteiger partial charge in [-0.1, -0.05) is 12.1 Å². The molecule has 0 rings (SSSR count). The average molecular weight is 188 g/mol. The number of primary amides is 1. The molecule has 0 saturated carbocycles. The molecule has 0 saturated heterocycles. The van der Waals surface area contributed by atoms with Gasteiger partial charge in [-0.3, -0.25) is 10.1 Å². The maximum atomic E-state index is 10.7. The SMILES string of the molecule is CCC(NC(C)C(N)=O)C(N)=NO. The van der Waals surface area contributed by atoms with Gasteiger partial charge in [0.15, 0.2) is 5.84 Å². The van der Waals surface area contributed by atoms with Gasteiger partial charge in [-0.05, 0) is 13.3 Å². The van der Waals surface area contributed by atoms with Crippen molar-refractivity contribution in [2.24, 2.45) is 16.6 Å². The first-order chi connectivity index (χ1) is 6.02. The van der Waals surface area contributed by atoms with Crippen LogP contribution in [0.25, 0.3) is 0 Å². The summed E-state index contributed by atoms with van der Waals surface area (Å²) in [6.07, 6.45) is 0.619. The van der Waals surface area contributed by atoms with Crippen molar-refractivity contribution in [1.82, 2.24) is 5.32 Å². The van der Waals surface area contributed by atoms with Crippen LogP contribution in [0, 0.1) is 0 Å². The summed E-state index contributed by atoms with van der Waals surface area (Å²) in [5.41, 5.74) is 10.4. The summed E-state index contributed by atoms with van der Waals surface area (Å²) < 4.78 is 0. The molecule has 0 aliphatic carbocycles.